The van der Waals surface area contributed by atoms with E-state index in [2.05, 4.69) is 19.2 Å². The average Bonchev–Trinajstić information content (AvgIpc) is 2.37. The van der Waals surface area contributed by atoms with Crippen LogP contribution in [0.25, 0.3) is 0 Å². The summed E-state index contributed by atoms with van der Waals surface area (Å²) in [4.78, 5) is 11.9. The number of rotatable bonds is 7. The van der Waals surface area contributed by atoms with Crippen molar-refractivity contribution in [2.45, 2.75) is 40.2 Å². The van der Waals surface area contributed by atoms with E-state index in [0.717, 1.165) is 17.9 Å². The molecule has 0 aliphatic carbocycles. The van der Waals surface area contributed by atoms with E-state index in [1.807, 2.05) is 38.1 Å². The number of anilines is 1. The Morgan fingerprint density at radius 1 is 1.30 bits per heavy atom. The fourth-order valence-corrected chi connectivity index (χ4v) is 1.57. The van der Waals surface area contributed by atoms with Gasteiger partial charge in [-0.1, -0.05) is 26.8 Å². The second-order valence-corrected chi connectivity index (χ2v) is 5.70. The van der Waals surface area contributed by atoms with E-state index in [0.29, 0.717) is 12.5 Å². The van der Waals surface area contributed by atoms with Crippen LogP contribution in [0.1, 0.15) is 34.1 Å². The molecule has 4 nitrogen and oxygen atoms in total. The third-order valence-corrected chi connectivity index (χ3v) is 3.27. The molecule has 0 heterocycles. The van der Waals surface area contributed by atoms with Crippen LogP contribution in [0.15, 0.2) is 24.3 Å². The highest BCUT2D eigenvalue weighted by atomic mass is 16.5. The second-order valence-electron chi connectivity index (χ2n) is 5.70. The molecule has 0 saturated carbocycles. The van der Waals surface area contributed by atoms with Crippen molar-refractivity contribution in [1.29, 1.82) is 0 Å². The number of nitrogens with two attached hydrogens (primary N) is 1. The van der Waals surface area contributed by atoms with Crippen molar-refractivity contribution < 1.29 is 9.53 Å². The first-order chi connectivity index (χ1) is 9.40. The van der Waals surface area contributed by atoms with Crippen molar-refractivity contribution in [3.05, 3.63) is 24.3 Å². The number of hydrogen-bond donors (Lipinski definition) is 2. The summed E-state index contributed by atoms with van der Waals surface area (Å²) in [5.41, 5.74) is 6.47. The molecule has 2 unspecified atom stereocenters. The number of amides is 1. The van der Waals surface area contributed by atoms with E-state index in [1.54, 1.807) is 0 Å². The summed E-state index contributed by atoms with van der Waals surface area (Å²) in [5, 5.41) is 2.86. The molecule has 3 N–H and O–H groups in total. The Bertz CT molecular complexity index is 430. The van der Waals surface area contributed by atoms with E-state index in [-0.39, 0.29) is 17.9 Å². The molecule has 20 heavy (non-hydrogen) atoms. The highest BCUT2D eigenvalue weighted by molar-refractivity contribution is 5.92. The molecule has 0 aromatic heterocycles. The highest BCUT2D eigenvalue weighted by Crippen LogP contribution is 2.19. The van der Waals surface area contributed by atoms with Gasteiger partial charge in [-0.15, -0.1) is 0 Å². The van der Waals surface area contributed by atoms with Crippen LogP contribution >= 0.6 is 0 Å². The topological polar surface area (TPSA) is 64.3 Å². The van der Waals surface area contributed by atoms with Crippen molar-refractivity contribution in [3.63, 3.8) is 0 Å². The van der Waals surface area contributed by atoms with Gasteiger partial charge in [0, 0.05) is 17.8 Å². The SMILES string of the molecule is CC(C)CCOc1cccc(NC(=O)C(C)C(C)N)c1. The minimum Gasteiger partial charge on any atom is -0.494 e. The van der Waals surface area contributed by atoms with E-state index < -0.39 is 0 Å². The van der Waals surface area contributed by atoms with Crippen LogP contribution in [-0.4, -0.2) is 18.6 Å². The molecule has 112 valence electrons. The molecule has 1 amide bonds. The Morgan fingerprint density at radius 3 is 2.60 bits per heavy atom. The van der Waals surface area contributed by atoms with Gasteiger partial charge in [-0.05, 0) is 31.4 Å². The quantitative estimate of drug-likeness (QED) is 0.805. The molecule has 4 heteroatoms. The first-order valence-electron chi connectivity index (χ1n) is 7.19. The third-order valence-electron chi connectivity index (χ3n) is 3.27. The number of carbonyl (C=O) groups excluding carboxylic acids is 1. The van der Waals surface area contributed by atoms with Crippen molar-refractivity contribution in [2.75, 3.05) is 11.9 Å². The minimum atomic E-state index is -0.222. The normalized spacial score (nSPS) is 13.9. The Morgan fingerprint density at radius 2 is 2.00 bits per heavy atom. The lowest BCUT2D eigenvalue weighted by molar-refractivity contribution is -0.119. The second kappa shape index (κ2) is 7.90. The van der Waals surface area contributed by atoms with Gasteiger partial charge in [0.1, 0.15) is 5.75 Å². The Balaban J connectivity index is 2.57. The van der Waals surface area contributed by atoms with E-state index in [4.69, 9.17) is 10.5 Å². The molecular formula is C16H26N2O2. The van der Waals surface area contributed by atoms with Crippen LogP contribution in [0.4, 0.5) is 5.69 Å². The zero-order valence-corrected chi connectivity index (χ0v) is 12.8. The molecule has 1 aromatic rings. The monoisotopic (exact) mass is 278 g/mol. The lowest BCUT2D eigenvalue weighted by Gasteiger charge is -2.16. The van der Waals surface area contributed by atoms with E-state index in [9.17, 15) is 4.79 Å². The molecule has 0 aliphatic rings. The largest absolute Gasteiger partial charge is 0.494 e. The van der Waals surface area contributed by atoms with Crippen LogP contribution in [0, 0.1) is 11.8 Å². The lowest BCUT2D eigenvalue weighted by Crippen LogP contribution is -2.34. The fraction of sp³-hybridized carbons (Fsp3) is 0.562. The number of carbonyl (C=O) groups is 1. The summed E-state index contributed by atoms with van der Waals surface area (Å²) in [6.45, 7) is 8.66. The van der Waals surface area contributed by atoms with E-state index >= 15 is 0 Å². The van der Waals surface area contributed by atoms with Gasteiger partial charge in [-0.3, -0.25) is 4.79 Å². The summed E-state index contributed by atoms with van der Waals surface area (Å²) < 4.78 is 5.67. The Kier molecular flexibility index (Phi) is 6.52. The number of hydrogen-bond acceptors (Lipinski definition) is 3. The smallest absolute Gasteiger partial charge is 0.228 e. The molecule has 0 radical (unpaired) electrons. The fourth-order valence-electron chi connectivity index (χ4n) is 1.57. The molecule has 0 spiro atoms. The summed E-state index contributed by atoms with van der Waals surface area (Å²) in [7, 11) is 0. The summed E-state index contributed by atoms with van der Waals surface area (Å²) >= 11 is 0. The zero-order chi connectivity index (χ0) is 15.1. The molecular weight excluding hydrogens is 252 g/mol. The average molecular weight is 278 g/mol. The van der Waals surface area contributed by atoms with Gasteiger partial charge in [0.15, 0.2) is 0 Å². The lowest BCUT2D eigenvalue weighted by atomic mass is 10.0. The minimum absolute atomic E-state index is 0.0701. The van der Waals surface area contributed by atoms with Crippen LogP contribution in [0.5, 0.6) is 5.75 Å². The molecule has 1 rings (SSSR count). The predicted molar refractivity (Wildman–Crippen MR) is 82.8 cm³/mol. The number of ether oxygens (including phenoxy) is 1. The van der Waals surface area contributed by atoms with Crippen LogP contribution in [0.2, 0.25) is 0 Å². The van der Waals surface area contributed by atoms with Crippen LogP contribution < -0.4 is 15.8 Å². The number of benzene rings is 1. The maximum atomic E-state index is 11.9. The van der Waals surface area contributed by atoms with Gasteiger partial charge < -0.3 is 15.8 Å². The zero-order valence-electron chi connectivity index (χ0n) is 12.8. The van der Waals surface area contributed by atoms with Crippen molar-refractivity contribution in [2.24, 2.45) is 17.6 Å². The predicted octanol–water partition coefficient (Wildman–Crippen LogP) is 3.03. The Hall–Kier alpha value is -1.55. The summed E-state index contributed by atoms with van der Waals surface area (Å²) in [6.07, 6.45) is 1.01. The van der Waals surface area contributed by atoms with Gasteiger partial charge in [0.2, 0.25) is 5.91 Å². The van der Waals surface area contributed by atoms with Gasteiger partial charge in [-0.2, -0.15) is 0 Å². The third kappa shape index (κ3) is 5.61. The van der Waals surface area contributed by atoms with Crippen LogP contribution in [-0.2, 0) is 4.79 Å². The van der Waals surface area contributed by atoms with E-state index in [1.165, 1.54) is 0 Å². The van der Waals surface area contributed by atoms with Crippen LogP contribution in [0.3, 0.4) is 0 Å². The first kappa shape index (κ1) is 16.5. The van der Waals surface area contributed by atoms with Gasteiger partial charge in [0.25, 0.3) is 0 Å². The first-order valence-corrected chi connectivity index (χ1v) is 7.19. The molecule has 0 fully saturated rings. The molecule has 2 atom stereocenters. The van der Waals surface area contributed by atoms with Gasteiger partial charge in [-0.25, -0.2) is 0 Å². The summed E-state index contributed by atoms with van der Waals surface area (Å²) in [5.74, 6) is 1.10. The van der Waals surface area contributed by atoms with Gasteiger partial charge in [0.05, 0.1) is 12.5 Å². The Labute approximate surface area is 121 Å². The van der Waals surface area contributed by atoms with Gasteiger partial charge >= 0.3 is 0 Å². The number of nitrogens with one attached hydrogen (secondary N) is 1. The highest BCUT2D eigenvalue weighted by Gasteiger charge is 2.17. The molecule has 0 bridgehead atoms. The van der Waals surface area contributed by atoms with Crippen molar-refractivity contribution >= 4 is 11.6 Å². The maximum absolute atomic E-state index is 11.9. The molecule has 0 aliphatic heterocycles. The molecule has 1 aromatic carbocycles. The van der Waals surface area contributed by atoms with Crippen molar-refractivity contribution in [1.82, 2.24) is 0 Å². The molecule has 0 saturated heterocycles. The summed E-state index contributed by atoms with van der Waals surface area (Å²) in [6, 6.07) is 7.29. The van der Waals surface area contributed by atoms with Crippen molar-refractivity contribution in [3.8, 4) is 5.75 Å². The standard InChI is InChI=1S/C16H26N2O2/c1-11(2)8-9-20-15-7-5-6-14(10-15)18-16(19)12(3)13(4)17/h5-7,10-13H,8-9,17H2,1-4H3,(H,18,19). The maximum Gasteiger partial charge on any atom is 0.228 e.